The Bertz CT molecular complexity index is 1360. The van der Waals surface area contributed by atoms with Gasteiger partial charge in [0.2, 0.25) is 5.39 Å². The largest absolute Gasteiger partial charge is 0.394 e. The van der Waals surface area contributed by atoms with Crippen LogP contribution in [0.3, 0.4) is 0 Å². The third-order valence-corrected chi connectivity index (χ3v) is 5.51. The molecule has 0 aliphatic carbocycles. The Morgan fingerprint density at radius 1 is 0.821 bits per heavy atom. The van der Waals surface area contributed by atoms with Gasteiger partial charge in [-0.25, -0.2) is 0 Å². The smallest absolute Gasteiger partial charge is 0.282 e. The van der Waals surface area contributed by atoms with Gasteiger partial charge in [-0.3, -0.25) is 9.11 Å². The first-order valence-electron chi connectivity index (χ1n) is 7.49. The Morgan fingerprint density at radius 2 is 1.50 bits per heavy atom. The molecule has 0 radical (unpaired) electrons. The second-order valence-electron chi connectivity index (χ2n) is 5.53. The summed E-state index contributed by atoms with van der Waals surface area (Å²) in [6.45, 7) is 0. The van der Waals surface area contributed by atoms with Crippen LogP contribution in [0.1, 0.15) is 0 Å². The first kappa shape index (κ1) is 19.5. The van der Waals surface area contributed by atoms with E-state index in [4.69, 9.17) is 9.95 Å². The lowest BCUT2D eigenvalue weighted by Crippen LogP contribution is -1.98. The second-order valence-corrected chi connectivity index (χ2v) is 8.34. The number of diazo groups is 1. The zero-order valence-corrected chi connectivity index (χ0v) is 15.5. The number of benzene rings is 3. The number of fused-ring (bicyclic) bond motifs is 1. The van der Waals surface area contributed by atoms with Crippen molar-refractivity contribution in [2.24, 2.45) is 10.2 Å². The first-order valence-corrected chi connectivity index (χ1v) is 10.4. The molecule has 0 aliphatic rings. The summed E-state index contributed by atoms with van der Waals surface area (Å²) in [4.78, 5) is 2.28. The fourth-order valence-corrected chi connectivity index (χ4v) is 3.72. The van der Waals surface area contributed by atoms with Gasteiger partial charge in [0.25, 0.3) is 20.2 Å². The summed E-state index contributed by atoms with van der Waals surface area (Å²) in [7, 11) is -8.92. The minimum absolute atomic E-state index is 0.0364. The first-order chi connectivity index (χ1) is 13.1. The molecule has 0 saturated heterocycles. The Labute approximate surface area is 159 Å². The van der Waals surface area contributed by atoms with Gasteiger partial charge < -0.3 is 0 Å². The molecule has 0 fully saturated rings. The van der Waals surface area contributed by atoms with E-state index >= 15 is 0 Å². The zero-order valence-electron chi connectivity index (χ0n) is 13.8. The maximum absolute atomic E-state index is 11.6. The van der Waals surface area contributed by atoms with Crippen LogP contribution in [-0.2, 0) is 20.2 Å². The average molecular weight is 419 g/mol. The molecule has 0 unspecified atom stereocenters. The quantitative estimate of drug-likeness (QED) is 0.363. The SMILES string of the molecule is N#[N+]c1ccc(N=Nc2ccc(S(=O)(=O)O)cc2)c2cccc(S(=O)(=O)O)c12. The molecule has 3 aromatic carbocycles. The molecule has 0 atom stereocenters. The fourth-order valence-electron chi connectivity index (χ4n) is 2.52. The van der Waals surface area contributed by atoms with Crippen molar-refractivity contribution in [2.75, 3.05) is 0 Å². The van der Waals surface area contributed by atoms with Crippen molar-refractivity contribution in [1.29, 1.82) is 5.39 Å². The van der Waals surface area contributed by atoms with Crippen molar-refractivity contribution < 1.29 is 25.9 Å². The van der Waals surface area contributed by atoms with E-state index in [-0.39, 0.29) is 32.7 Å². The lowest BCUT2D eigenvalue weighted by molar-refractivity contribution is 0.481. The predicted molar refractivity (Wildman–Crippen MR) is 98.9 cm³/mol. The summed E-state index contributed by atoms with van der Waals surface area (Å²) in [6.07, 6.45) is 0. The third kappa shape index (κ3) is 3.87. The van der Waals surface area contributed by atoms with E-state index in [0.29, 0.717) is 0 Å². The molecular formula is C16H11N4O6S2+. The molecule has 12 heteroatoms. The van der Waals surface area contributed by atoms with Crippen molar-refractivity contribution >= 4 is 48.1 Å². The molecule has 0 heterocycles. The Hall–Kier alpha value is -3.24. The van der Waals surface area contributed by atoms with Crippen molar-refractivity contribution in [3.63, 3.8) is 0 Å². The van der Waals surface area contributed by atoms with Gasteiger partial charge in [-0.1, -0.05) is 12.1 Å². The van der Waals surface area contributed by atoms with E-state index in [9.17, 15) is 21.4 Å². The highest BCUT2D eigenvalue weighted by Gasteiger charge is 2.24. The van der Waals surface area contributed by atoms with E-state index in [1.54, 1.807) is 0 Å². The Balaban J connectivity index is 2.12. The van der Waals surface area contributed by atoms with Crippen LogP contribution in [0.15, 0.2) is 74.6 Å². The molecule has 0 aromatic heterocycles. The molecule has 0 saturated carbocycles. The lowest BCUT2D eigenvalue weighted by Gasteiger charge is -2.03. The number of nitrogens with zero attached hydrogens (tertiary/aromatic N) is 4. The van der Waals surface area contributed by atoms with E-state index in [1.165, 1.54) is 36.4 Å². The summed E-state index contributed by atoms with van der Waals surface area (Å²) in [5.41, 5.74) is 0.397. The van der Waals surface area contributed by atoms with Gasteiger partial charge in [0.15, 0.2) is 4.98 Å². The maximum Gasteiger partial charge on any atom is 0.394 e. The molecule has 0 bridgehead atoms. The highest BCUT2D eigenvalue weighted by Crippen LogP contribution is 2.38. The monoisotopic (exact) mass is 419 g/mol. The normalized spacial score (nSPS) is 12.3. The minimum atomic E-state index is -4.59. The number of hydrogen-bond acceptors (Lipinski definition) is 7. The van der Waals surface area contributed by atoms with Gasteiger partial charge in [0.05, 0.1) is 16.3 Å². The van der Waals surface area contributed by atoms with Crippen LogP contribution >= 0.6 is 0 Å². The summed E-state index contributed by atoms with van der Waals surface area (Å²) < 4.78 is 63.7. The standard InChI is InChI=1S/C16H10N4O6S2/c17-18-14-9-8-13(12-2-1-3-15(16(12)14)28(24,25)26)20-19-10-4-6-11(7-5-10)27(21,22)23/h1-9H,(H-,21,22,23,24,25,26)/p+1. The van der Waals surface area contributed by atoms with Crippen LogP contribution in [0, 0.1) is 5.39 Å². The van der Waals surface area contributed by atoms with Gasteiger partial charge in [-0.05, 0) is 36.4 Å². The van der Waals surface area contributed by atoms with Crippen molar-refractivity contribution in [2.45, 2.75) is 9.79 Å². The highest BCUT2D eigenvalue weighted by molar-refractivity contribution is 7.86. The topological polar surface area (TPSA) is 162 Å². The maximum atomic E-state index is 11.6. The van der Waals surface area contributed by atoms with Gasteiger partial charge in [0.1, 0.15) is 10.3 Å². The molecule has 28 heavy (non-hydrogen) atoms. The lowest BCUT2D eigenvalue weighted by atomic mass is 10.1. The summed E-state index contributed by atoms with van der Waals surface area (Å²) in [5, 5.41) is 17.3. The molecule has 0 aliphatic heterocycles. The Kier molecular flexibility index (Phi) is 4.92. The average Bonchev–Trinajstić information content (AvgIpc) is 2.64. The van der Waals surface area contributed by atoms with Crippen LogP contribution in [0.4, 0.5) is 17.1 Å². The van der Waals surface area contributed by atoms with E-state index in [2.05, 4.69) is 15.2 Å². The molecule has 142 valence electrons. The van der Waals surface area contributed by atoms with Crippen molar-refractivity contribution in [3.05, 3.63) is 59.6 Å². The number of rotatable bonds is 4. The van der Waals surface area contributed by atoms with Crippen molar-refractivity contribution in [3.8, 4) is 0 Å². The highest BCUT2D eigenvalue weighted by atomic mass is 32.2. The molecule has 0 amide bonds. The second kappa shape index (κ2) is 7.06. The van der Waals surface area contributed by atoms with Crippen LogP contribution < -0.4 is 0 Å². The molecule has 2 N–H and O–H groups in total. The van der Waals surface area contributed by atoms with Crippen LogP contribution in [0.25, 0.3) is 15.7 Å². The molecule has 3 aromatic rings. The van der Waals surface area contributed by atoms with E-state index in [0.717, 1.165) is 18.2 Å². The molecule has 0 spiro atoms. The third-order valence-electron chi connectivity index (χ3n) is 3.75. The van der Waals surface area contributed by atoms with E-state index < -0.39 is 25.1 Å². The molecule has 3 rings (SSSR count). The zero-order chi connectivity index (χ0) is 20.5. The van der Waals surface area contributed by atoms with Gasteiger partial charge in [-0.2, -0.15) is 21.9 Å². The molecular weight excluding hydrogens is 408 g/mol. The summed E-state index contributed by atoms with van der Waals surface area (Å²) >= 11 is 0. The summed E-state index contributed by atoms with van der Waals surface area (Å²) in [6, 6.07) is 11.7. The number of hydrogen-bond donors (Lipinski definition) is 2. The van der Waals surface area contributed by atoms with Crippen molar-refractivity contribution in [1.82, 2.24) is 0 Å². The number of azo groups is 1. The van der Waals surface area contributed by atoms with Crippen LogP contribution in [0.5, 0.6) is 0 Å². The molecule has 10 nitrogen and oxygen atoms in total. The van der Waals surface area contributed by atoms with Crippen LogP contribution in [-0.4, -0.2) is 25.9 Å². The van der Waals surface area contributed by atoms with Gasteiger partial charge in [0, 0.05) is 11.5 Å². The van der Waals surface area contributed by atoms with Gasteiger partial charge in [-0.15, -0.1) is 5.11 Å². The predicted octanol–water partition coefficient (Wildman–Crippen LogP) is 4.23. The van der Waals surface area contributed by atoms with Crippen LogP contribution in [0.2, 0.25) is 0 Å². The van der Waals surface area contributed by atoms with E-state index in [1.807, 2.05) is 0 Å². The summed E-state index contributed by atoms with van der Waals surface area (Å²) in [5.74, 6) is 0. The minimum Gasteiger partial charge on any atom is -0.282 e. The fraction of sp³-hybridized carbons (Fsp3) is 0. The Morgan fingerprint density at radius 3 is 2.07 bits per heavy atom. The van der Waals surface area contributed by atoms with Gasteiger partial charge >= 0.3 is 5.69 Å².